The van der Waals surface area contributed by atoms with E-state index in [1.54, 1.807) is 0 Å². The largest absolute Gasteiger partial charge is 0.378 e. The van der Waals surface area contributed by atoms with Crippen LogP contribution in [0.4, 0.5) is 0 Å². The smallest absolute Gasteiger partial charge is 0.255 e. The molecule has 1 atom stereocenters. The van der Waals surface area contributed by atoms with E-state index in [0.717, 1.165) is 37.5 Å². The standard InChI is InChI=1S/C22H25N5O2/c28-22(26-10-12-29-13-11-26)19-6-7-20-23-24-21(27(20)16-19)18-8-9-25(15-18)14-17-4-2-1-3-5-17/h1-7,16,18H,8-15H2/t18-/m1/s1. The van der Waals surface area contributed by atoms with Crippen molar-refractivity contribution in [1.29, 1.82) is 0 Å². The average molecular weight is 391 g/mol. The molecule has 29 heavy (non-hydrogen) atoms. The molecular weight excluding hydrogens is 366 g/mol. The molecule has 150 valence electrons. The minimum atomic E-state index is 0.0481. The number of rotatable bonds is 4. The van der Waals surface area contributed by atoms with E-state index in [1.165, 1.54) is 5.56 Å². The summed E-state index contributed by atoms with van der Waals surface area (Å²) in [5, 5.41) is 8.81. The van der Waals surface area contributed by atoms with E-state index in [2.05, 4.69) is 45.4 Å². The Balaban J connectivity index is 1.34. The number of aromatic nitrogens is 3. The van der Waals surface area contributed by atoms with Crippen molar-refractivity contribution in [2.75, 3.05) is 39.4 Å². The summed E-state index contributed by atoms with van der Waals surface area (Å²) in [5.74, 6) is 1.32. The molecule has 2 saturated heterocycles. The number of amides is 1. The van der Waals surface area contributed by atoms with E-state index >= 15 is 0 Å². The highest BCUT2D eigenvalue weighted by atomic mass is 16.5. The topological polar surface area (TPSA) is 63.0 Å². The summed E-state index contributed by atoms with van der Waals surface area (Å²) in [6.45, 7) is 5.44. The van der Waals surface area contributed by atoms with Gasteiger partial charge in [-0.2, -0.15) is 0 Å². The second-order valence-corrected chi connectivity index (χ2v) is 7.82. The Morgan fingerprint density at radius 2 is 1.86 bits per heavy atom. The Morgan fingerprint density at radius 3 is 2.69 bits per heavy atom. The van der Waals surface area contributed by atoms with Gasteiger partial charge in [-0.05, 0) is 30.7 Å². The zero-order chi connectivity index (χ0) is 19.6. The van der Waals surface area contributed by atoms with Crippen LogP contribution in [-0.4, -0.2) is 69.7 Å². The molecule has 1 amide bonds. The SMILES string of the molecule is O=C(c1ccc2nnc([C@@H]3CCN(Cc4ccccc4)C3)n2c1)N1CCOCC1. The van der Waals surface area contributed by atoms with Gasteiger partial charge in [0.05, 0.1) is 18.8 Å². The van der Waals surface area contributed by atoms with Crippen LogP contribution < -0.4 is 0 Å². The Labute approximate surface area is 169 Å². The fourth-order valence-corrected chi connectivity index (χ4v) is 4.29. The molecule has 0 spiro atoms. The van der Waals surface area contributed by atoms with Gasteiger partial charge >= 0.3 is 0 Å². The number of carbonyl (C=O) groups is 1. The predicted octanol–water partition coefficient (Wildman–Crippen LogP) is 2.19. The molecule has 4 heterocycles. The second-order valence-electron chi connectivity index (χ2n) is 7.82. The quantitative estimate of drug-likeness (QED) is 0.682. The number of ether oxygens (including phenoxy) is 1. The third-order valence-corrected chi connectivity index (χ3v) is 5.86. The van der Waals surface area contributed by atoms with Crippen molar-refractivity contribution in [1.82, 2.24) is 24.4 Å². The third-order valence-electron chi connectivity index (χ3n) is 5.86. The Bertz CT molecular complexity index is 997. The highest BCUT2D eigenvalue weighted by molar-refractivity contribution is 5.94. The number of hydrogen-bond acceptors (Lipinski definition) is 5. The molecule has 0 N–H and O–H groups in total. The van der Waals surface area contributed by atoms with Crippen LogP contribution in [-0.2, 0) is 11.3 Å². The maximum absolute atomic E-state index is 12.9. The van der Waals surface area contributed by atoms with Gasteiger partial charge in [0.15, 0.2) is 5.65 Å². The molecule has 0 radical (unpaired) electrons. The van der Waals surface area contributed by atoms with E-state index < -0.39 is 0 Å². The molecule has 2 aromatic heterocycles. The lowest BCUT2D eigenvalue weighted by Crippen LogP contribution is -2.40. The van der Waals surface area contributed by atoms with Crippen LogP contribution in [0.3, 0.4) is 0 Å². The first-order valence-electron chi connectivity index (χ1n) is 10.3. The van der Waals surface area contributed by atoms with Crippen LogP contribution in [0.25, 0.3) is 5.65 Å². The molecule has 2 aliphatic heterocycles. The van der Waals surface area contributed by atoms with Gasteiger partial charge in [-0.15, -0.1) is 10.2 Å². The van der Waals surface area contributed by atoms with Crippen LogP contribution in [0.2, 0.25) is 0 Å². The maximum Gasteiger partial charge on any atom is 0.255 e. The van der Waals surface area contributed by atoms with Gasteiger partial charge in [0.2, 0.25) is 0 Å². The fourth-order valence-electron chi connectivity index (χ4n) is 4.29. The lowest BCUT2D eigenvalue weighted by atomic mass is 10.1. The van der Waals surface area contributed by atoms with Crippen LogP contribution in [0.15, 0.2) is 48.7 Å². The Kier molecular flexibility index (Phi) is 4.99. The van der Waals surface area contributed by atoms with Gasteiger partial charge in [0, 0.05) is 38.3 Å². The van der Waals surface area contributed by atoms with Gasteiger partial charge in [-0.25, -0.2) is 0 Å². The van der Waals surface area contributed by atoms with Crippen molar-refractivity contribution >= 4 is 11.6 Å². The summed E-state index contributed by atoms with van der Waals surface area (Å²) in [6.07, 6.45) is 2.96. The lowest BCUT2D eigenvalue weighted by Gasteiger charge is -2.26. The van der Waals surface area contributed by atoms with Crippen LogP contribution in [0.5, 0.6) is 0 Å². The second kappa shape index (κ2) is 7.93. The van der Waals surface area contributed by atoms with Crippen LogP contribution in [0.1, 0.15) is 34.1 Å². The van der Waals surface area contributed by atoms with Gasteiger partial charge in [-0.1, -0.05) is 30.3 Å². The summed E-state index contributed by atoms with van der Waals surface area (Å²) in [6, 6.07) is 14.3. The molecule has 2 aliphatic rings. The normalized spacial score (nSPS) is 20.4. The predicted molar refractivity (Wildman–Crippen MR) is 109 cm³/mol. The lowest BCUT2D eigenvalue weighted by molar-refractivity contribution is 0.0302. The highest BCUT2D eigenvalue weighted by Gasteiger charge is 2.28. The Morgan fingerprint density at radius 1 is 1.03 bits per heavy atom. The molecular formula is C22H25N5O2. The highest BCUT2D eigenvalue weighted by Crippen LogP contribution is 2.27. The Hall–Kier alpha value is -2.77. The number of pyridine rings is 1. The van der Waals surface area contributed by atoms with Gasteiger partial charge < -0.3 is 9.64 Å². The summed E-state index contributed by atoms with van der Waals surface area (Å²) in [7, 11) is 0. The number of likely N-dealkylation sites (tertiary alicyclic amines) is 1. The molecule has 0 unspecified atom stereocenters. The molecule has 7 nitrogen and oxygen atoms in total. The first kappa shape index (κ1) is 18.3. The van der Waals surface area contributed by atoms with Gasteiger partial charge in [0.1, 0.15) is 5.82 Å². The van der Waals surface area contributed by atoms with E-state index in [0.29, 0.717) is 37.8 Å². The first-order chi connectivity index (χ1) is 14.3. The molecule has 0 bridgehead atoms. The molecule has 3 aromatic rings. The number of nitrogens with zero attached hydrogens (tertiary/aromatic N) is 5. The third kappa shape index (κ3) is 3.75. The van der Waals surface area contributed by atoms with E-state index in [4.69, 9.17) is 4.74 Å². The number of fused-ring (bicyclic) bond motifs is 1. The molecule has 7 heteroatoms. The minimum absolute atomic E-state index is 0.0481. The van der Waals surface area contributed by atoms with Gasteiger partial charge in [0.25, 0.3) is 5.91 Å². The number of benzene rings is 1. The maximum atomic E-state index is 12.9. The summed E-state index contributed by atoms with van der Waals surface area (Å²) in [4.78, 5) is 17.2. The van der Waals surface area contributed by atoms with Gasteiger partial charge in [-0.3, -0.25) is 14.1 Å². The first-order valence-corrected chi connectivity index (χ1v) is 10.3. The van der Waals surface area contributed by atoms with Crippen molar-refractivity contribution < 1.29 is 9.53 Å². The number of carbonyl (C=O) groups excluding carboxylic acids is 1. The van der Waals surface area contributed by atoms with E-state index in [9.17, 15) is 4.79 Å². The zero-order valence-electron chi connectivity index (χ0n) is 16.4. The van der Waals surface area contributed by atoms with E-state index in [1.807, 2.05) is 27.6 Å². The molecule has 1 aromatic carbocycles. The number of hydrogen-bond donors (Lipinski definition) is 0. The molecule has 5 rings (SSSR count). The molecule has 0 saturated carbocycles. The molecule has 2 fully saturated rings. The van der Waals surface area contributed by atoms with Crippen LogP contribution in [0, 0.1) is 0 Å². The van der Waals surface area contributed by atoms with Crippen molar-refractivity contribution in [3.63, 3.8) is 0 Å². The summed E-state index contributed by atoms with van der Waals surface area (Å²) >= 11 is 0. The summed E-state index contributed by atoms with van der Waals surface area (Å²) < 4.78 is 7.36. The van der Waals surface area contributed by atoms with Crippen LogP contribution >= 0.6 is 0 Å². The van der Waals surface area contributed by atoms with Crippen molar-refractivity contribution in [2.45, 2.75) is 18.9 Å². The van der Waals surface area contributed by atoms with E-state index in [-0.39, 0.29) is 5.91 Å². The number of morpholine rings is 1. The van der Waals surface area contributed by atoms with Crippen molar-refractivity contribution in [2.24, 2.45) is 0 Å². The molecule has 0 aliphatic carbocycles. The fraction of sp³-hybridized carbons (Fsp3) is 0.409. The zero-order valence-corrected chi connectivity index (χ0v) is 16.4. The average Bonchev–Trinajstić information content (AvgIpc) is 3.41. The minimum Gasteiger partial charge on any atom is -0.378 e. The monoisotopic (exact) mass is 391 g/mol. The van der Waals surface area contributed by atoms with Crippen molar-refractivity contribution in [3.05, 3.63) is 65.6 Å². The van der Waals surface area contributed by atoms with Crippen molar-refractivity contribution in [3.8, 4) is 0 Å². The summed E-state index contributed by atoms with van der Waals surface area (Å²) in [5.41, 5.74) is 2.80.